The number of Topliss-reactive ketones (excluding diaryl/α,β-unsaturated/α-hetero) is 1. The molecule has 0 heterocycles. The molecule has 2 nitrogen and oxygen atoms in total. The van der Waals surface area contributed by atoms with Gasteiger partial charge >= 0.3 is 0 Å². The van der Waals surface area contributed by atoms with Crippen LogP contribution < -0.4 is 0 Å². The van der Waals surface area contributed by atoms with E-state index in [1.165, 1.54) is 31.0 Å². The molecule has 1 aliphatic carbocycles. The number of hydrogen-bond acceptors (Lipinski definition) is 4. The van der Waals surface area contributed by atoms with Crippen molar-refractivity contribution in [2.24, 2.45) is 5.92 Å². The first-order chi connectivity index (χ1) is 8.54. The van der Waals surface area contributed by atoms with E-state index in [4.69, 9.17) is 17.0 Å². The van der Waals surface area contributed by atoms with Gasteiger partial charge in [-0.3, -0.25) is 4.79 Å². The van der Waals surface area contributed by atoms with Crippen molar-refractivity contribution in [3.05, 3.63) is 0 Å². The maximum Gasteiger partial charge on any atom is 0.220 e. The Morgan fingerprint density at radius 3 is 2.83 bits per heavy atom. The highest BCUT2D eigenvalue weighted by Gasteiger charge is 2.35. The van der Waals surface area contributed by atoms with Crippen molar-refractivity contribution in [3.63, 3.8) is 0 Å². The summed E-state index contributed by atoms with van der Waals surface area (Å²) in [5, 5.41) is 0.0492. The number of carbonyl (C=O) groups is 1. The molecule has 0 aromatic carbocycles. The fourth-order valence-electron chi connectivity index (χ4n) is 2.32. The Balaban J connectivity index is 2.43. The lowest BCUT2D eigenvalue weighted by Crippen LogP contribution is -2.21. The summed E-state index contributed by atoms with van der Waals surface area (Å²) >= 11 is 6.67. The van der Waals surface area contributed by atoms with Gasteiger partial charge in [0.05, 0.1) is 11.4 Å². The molecule has 1 saturated carbocycles. The van der Waals surface area contributed by atoms with Crippen LogP contribution in [-0.2, 0) is 9.53 Å². The first kappa shape index (κ1) is 16.0. The summed E-state index contributed by atoms with van der Waals surface area (Å²) in [5.41, 5.74) is 0. The second-order valence-corrected chi connectivity index (χ2v) is 6.96. The highest BCUT2D eigenvalue weighted by molar-refractivity contribution is 8.23. The van der Waals surface area contributed by atoms with Crippen LogP contribution in [0.25, 0.3) is 0 Å². The van der Waals surface area contributed by atoms with Crippen LogP contribution in [-0.4, -0.2) is 21.5 Å². The van der Waals surface area contributed by atoms with Crippen LogP contribution in [0.1, 0.15) is 59.3 Å². The van der Waals surface area contributed by atoms with Gasteiger partial charge in [0.2, 0.25) is 4.38 Å². The van der Waals surface area contributed by atoms with Gasteiger partial charge in [0, 0.05) is 6.42 Å². The molecule has 1 aliphatic rings. The molecule has 0 bridgehead atoms. The molecule has 18 heavy (non-hydrogen) atoms. The Hall–Kier alpha value is -0.0900. The lowest BCUT2D eigenvalue weighted by molar-refractivity contribution is -0.117. The van der Waals surface area contributed by atoms with Crippen LogP contribution in [0.4, 0.5) is 0 Å². The van der Waals surface area contributed by atoms with Gasteiger partial charge in [0.1, 0.15) is 5.78 Å². The van der Waals surface area contributed by atoms with Crippen LogP contribution in [0.3, 0.4) is 0 Å². The standard InChI is InChI=1S/C14H24O2S2/c1-4-5-6-7-11-8-9-12(15)13(11)18-14(17)16-10(2)3/h10-11,13H,4-9H2,1-3H3. The Labute approximate surface area is 120 Å². The summed E-state index contributed by atoms with van der Waals surface area (Å²) in [6.07, 6.45) is 6.72. The number of unbranched alkanes of at least 4 members (excludes halogenated alkanes) is 2. The van der Waals surface area contributed by atoms with Gasteiger partial charge in [-0.2, -0.15) is 0 Å². The zero-order valence-corrected chi connectivity index (χ0v) is 13.2. The molecular weight excluding hydrogens is 264 g/mol. The number of ether oxygens (including phenoxy) is 1. The number of ketones is 1. The fraction of sp³-hybridized carbons (Fsp3) is 0.857. The van der Waals surface area contributed by atoms with Crippen LogP contribution in [0.2, 0.25) is 0 Å². The first-order valence-electron chi connectivity index (χ1n) is 6.94. The van der Waals surface area contributed by atoms with Crippen LogP contribution in [0, 0.1) is 5.92 Å². The fourth-order valence-corrected chi connectivity index (χ4v) is 3.99. The number of carbonyl (C=O) groups excluding carboxylic acids is 1. The van der Waals surface area contributed by atoms with Crippen LogP contribution in [0.15, 0.2) is 0 Å². The van der Waals surface area contributed by atoms with Crippen molar-refractivity contribution in [3.8, 4) is 0 Å². The van der Waals surface area contributed by atoms with E-state index in [0.717, 1.165) is 19.3 Å². The zero-order chi connectivity index (χ0) is 13.5. The van der Waals surface area contributed by atoms with Crippen molar-refractivity contribution in [2.45, 2.75) is 70.7 Å². The van der Waals surface area contributed by atoms with Gasteiger partial charge in [-0.15, -0.1) is 0 Å². The average Bonchev–Trinajstić information content (AvgIpc) is 2.61. The lowest BCUT2D eigenvalue weighted by Gasteiger charge is -2.19. The van der Waals surface area contributed by atoms with E-state index in [9.17, 15) is 4.79 Å². The number of thiocarbonyl (C=S) groups is 1. The number of thioether (sulfide) groups is 1. The Kier molecular flexibility index (Phi) is 7.23. The van der Waals surface area contributed by atoms with Gasteiger partial charge in [-0.25, -0.2) is 0 Å². The summed E-state index contributed by atoms with van der Waals surface area (Å²) in [6, 6.07) is 0. The molecule has 4 heteroatoms. The van der Waals surface area contributed by atoms with E-state index in [-0.39, 0.29) is 11.4 Å². The molecule has 1 rings (SSSR count). The highest BCUT2D eigenvalue weighted by Crippen LogP contribution is 2.36. The molecule has 2 unspecified atom stereocenters. The normalized spacial score (nSPS) is 23.7. The van der Waals surface area contributed by atoms with Crippen molar-refractivity contribution in [1.29, 1.82) is 0 Å². The van der Waals surface area contributed by atoms with E-state index >= 15 is 0 Å². The van der Waals surface area contributed by atoms with E-state index in [1.54, 1.807) is 0 Å². The predicted molar refractivity (Wildman–Crippen MR) is 82.1 cm³/mol. The largest absolute Gasteiger partial charge is 0.476 e. The summed E-state index contributed by atoms with van der Waals surface area (Å²) in [6.45, 7) is 6.13. The second kappa shape index (κ2) is 8.16. The molecule has 0 saturated heterocycles. The van der Waals surface area contributed by atoms with Gasteiger partial charge in [-0.05, 0) is 44.8 Å². The molecule has 0 spiro atoms. The molecule has 0 aromatic heterocycles. The minimum Gasteiger partial charge on any atom is -0.476 e. The molecule has 1 fully saturated rings. The number of rotatable bonds is 6. The summed E-state index contributed by atoms with van der Waals surface area (Å²) in [7, 11) is 0. The van der Waals surface area contributed by atoms with E-state index in [1.807, 2.05) is 13.8 Å². The molecule has 0 amide bonds. The maximum absolute atomic E-state index is 11.9. The van der Waals surface area contributed by atoms with Gasteiger partial charge < -0.3 is 4.74 Å². The van der Waals surface area contributed by atoms with Gasteiger partial charge in [0.25, 0.3) is 0 Å². The zero-order valence-electron chi connectivity index (χ0n) is 11.6. The van der Waals surface area contributed by atoms with Crippen molar-refractivity contribution < 1.29 is 9.53 Å². The molecule has 2 atom stereocenters. The van der Waals surface area contributed by atoms with Crippen molar-refractivity contribution in [2.75, 3.05) is 0 Å². The minimum atomic E-state index is 0.0492. The highest BCUT2D eigenvalue weighted by atomic mass is 32.2. The molecule has 0 aliphatic heterocycles. The minimum absolute atomic E-state index is 0.0492. The predicted octanol–water partition coefficient (Wildman–Crippen LogP) is 4.36. The molecular formula is C14H24O2S2. The third-order valence-corrected chi connectivity index (χ3v) is 4.82. The summed E-state index contributed by atoms with van der Waals surface area (Å²) in [5.74, 6) is 0.860. The SMILES string of the molecule is CCCCCC1CCC(=O)C1SC(=S)OC(C)C. The third kappa shape index (κ3) is 5.27. The Morgan fingerprint density at radius 2 is 2.22 bits per heavy atom. The third-order valence-electron chi connectivity index (χ3n) is 3.24. The summed E-state index contributed by atoms with van der Waals surface area (Å²) < 4.78 is 6.01. The smallest absolute Gasteiger partial charge is 0.220 e. The Bertz CT molecular complexity index is 290. The van der Waals surface area contributed by atoms with Gasteiger partial charge in [0.15, 0.2) is 0 Å². The quantitative estimate of drug-likeness (QED) is 0.536. The van der Waals surface area contributed by atoms with Gasteiger partial charge in [-0.1, -0.05) is 37.9 Å². The van der Waals surface area contributed by atoms with Crippen molar-refractivity contribution >= 4 is 34.1 Å². The average molecular weight is 288 g/mol. The lowest BCUT2D eigenvalue weighted by atomic mass is 10.00. The monoisotopic (exact) mass is 288 g/mol. The topological polar surface area (TPSA) is 26.3 Å². The second-order valence-electron chi connectivity index (χ2n) is 5.22. The molecule has 104 valence electrons. The van der Waals surface area contributed by atoms with E-state index < -0.39 is 0 Å². The van der Waals surface area contributed by atoms with Crippen LogP contribution >= 0.6 is 24.0 Å². The summed E-state index contributed by atoms with van der Waals surface area (Å²) in [4.78, 5) is 11.9. The van der Waals surface area contributed by atoms with Crippen LogP contribution in [0.5, 0.6) is 0 Å². The maximum atomic E-state index is 11.9. The van der Waals surface area contributed by atoms with E-state index in [2.05, 4.69) is 6.92 Å². The van der Waals surface area contributed by atoms with E-state index in [0.29, 0.717) is 16.1 Å². The van der Waals surface area contributed by atoms with Crippen molar-refractivity contribution in [1.82, 2.24) is 0 Å². The first-order valence-corrected chi connectivity index (χ1v) is 8.23. The number of hydrogen-bond donors (Lipinski definition) is 0. The Morgan fingerprint density at radius 1 is 1.50 bits per heavy atom. The molecule has 0 N–H and O–H groups in total. The molecule has 0 radical (unpaired) electrons. The molecule has 0 aromatic rings.